The van der Waals surface area contributed by atoms with Crippen molar-refractivity contribution in [2.75, 3.05) is 0 Å². The molecule has 3 nitrogen and oxygen atoms in total. The van der Waals surface area contributed by atoms with Gasteiger partial charge in [-0.25, -0.2) is 9.18 Å². The molecule has 13 heavy (non-hydrogen) atoms. The van der Waals surface area contributed by atoms with Gasteiger partial charge in [0.05, 0.1) is 5.52 Å². The number of aromatic nitrogens is 2. The summed E-state index contributed by atoms with van der Waals surface area (Å²) >= 11 is 0. The molecule has 0 fully saturated rings. The molecule has 0 unspecified atom stereocenters. The number of hydrogen-bond donors (Lipinski definition) is 1. The molecule has 1 N–H and O–H groups in total. The summed E-state index contributed by atoms with van der Waals surface area (Å²) in [7, 11) is 1.61. The Bertz CT molecular complexity index is 524. The van der Waals surface area contributed by atoms with Crippen molar-refractivity contribution in [1.29, 1.82) is 0 Å². The van der Waals surface area contributed by atoms with E-state index in [1.807, 2.05) is 0 Å². The van der Waals surface area contributed by atoms with Crippen LogP contribution < -0.4 is 5.69 Å². The van der Waals surface area contributed by atoms with Crippen LogP contribution in [0.25, 0.3) is 11.0 Å². The van der Waals surface area contributed by atoms with Crippen molar-refractivity contribution in [3.05, 3.63) is 34.0 Å². The molecule has 0 saturated carbocycles. The smallest absolute Gasteiger partial charge is 0.303 e. The normalized spacial score (nSPS) is 11.0. The summed E-state index contributed by atoms with van der Waals surface area (Å²) in [5.74, 6) is -0.382. The molecule has 0 radical (unpaired) electrons. The highest BCUT2D eigenvalue weighted by atomic mass is 19.1. The van der Waals surface area contributed by atoms with E-state index in [1.54, 1.807) is 20.0 Å². The van der Waals surface area contributed by atoms with E-state index in [9.17, 15) is 9.18 Å². The molecule has 0 aliphatic rings. The maximum Gasteiger partial charge on any atom is 0.326 e. The first-order valence-corrected chi connectivity index (χ1v) is 3.94. The molecule has 1 aromatic heterocycles. The number of hydrogen-bond acceptors (Lipinski definition) is 1. The molecule has 0 bridgehead atoms. The summed E-state index contributed by atoms with van der Waals surface area (Å²) in [6.07, 6.45) is 0. The summed E-state index contributed by atoms with van der Waals surface area (Å²) < 4.78 is 14.7. The monoisotopic (exact) mass is 180 g/mol. The largest absolute Gasteiger partial charge is 0.326 e. The van der Waals surface area contributed by atoms with Gasteiger partial charge in [0.1, 0.15) is 11.3 Å². The maximum absolute atomic E-state index is 13.3. The topological polar surface area (TPSA) is 37.8 Å². The number of aromatic amines is 1. The Hall–Kier alpha value is -1.58. The molecule has 2 rings (SSSR count). The third-order valence-electron chi connectivity index (χ3n) is 2.11. The first-order valence-electron chi connectivity index (χ1n) is 3.94. The van der Waals surface area contributed by atoms with Crippen LogP contribution in [-0.2, 0) is 7.05 Å². The molecule has 0 aliphatic heterocycles. The molecule has 1 aromatic carbocycles. The summed E-state index contributed by atoms with van der Waals surface area (Å²) in [4.78, 5) is 13.6. The summed E-state index contributed by atoms with van der Waals surface area (Å²) in [5, 5.41) is 0. The lowest BCUT2D eigenvalue weighted by atomic mass is 10.2. The van der Waals surface area contributed by atoms with Crippen LogP contribution in [-0.4, -0.2) is 9.55 Å². The molecule has 1 heterocycles. The van der Waals surface area contributed by atoms with Gasteiger partial charge in [0.15, 0.2) is 0 Å². The van der Waals surface area contributed by atoms with E-state index in [0.717, 1.165) is 5.56 Å². The third kappa shape index (κ3) is 1.06. The minimum Gasteiger partial charge on any atom is -0.303 e. The molecule has 0 amide bonds. The van der Waals surface area contributed by atoms with Gasteiger partial charge in [-0.1, -0.05) is 0 Å². The van der Waals surface area contributed by atoms with Gasteiger partial charge in [0.2, 0.25) is 0 Å². The molecular weight excluding hydrogens is 171 g/mol. The van der Waals surface area contributed by atoms with Crippen LogP contribution in [0.3, 0.4) is 0 Å². The first kappa shape index (κ1) is 8.04. The second kappa shape index (κ2) is 2.45. The van der Waals surface area contributed by atoms with Gasteiger partial charge in [0.25, 0.3) is 0 Å². The Kier molecular flexibility index (Phi) is 1.52. The van der Waals surface area contributed by atoms with Crippen molar-refractivity contribution in [3.8, 4) is 0 Å². The van der Waals surface area contributed by atoms with E-state index in [1.165, 1.54) is 10.6 Å². The Morgan fingerprint density at radius 1 is 1.46 bits per heavy atom. The van der Waals surface area contributed by atoms with Crippen molar-refractivity contribution in [2.45, 2.75) is 6.92 Å². The average molecular weight is 180 g/mol. The predicted octanol–water partition coefficient (Wildman–Crippen LogP) is 1.31. The van der Waals surface area contributed by atoms with E-state index in [-0.39, 0.29) is 17.0 Å². The van der Waals surface area contributed by atoms with Crippen molar-refractivity contribution in [2.24, 2.45) is 7.05 Å². The maximum atomic E-state index is 13.3. The van der Waals surface area contributed by atoms with Gasteiger partial charge in [-0.15, -0.1) is 0 Å². The first-order chi connectivity index (χ1) is 6.09. The highest BCUT2D eigenvalue weighted by molar-refractivity contribution is 5.76. The van der Waals surface area contributed by atoms with Gasteiger partial charge in [0, 0.05) is 7.05 Å². The SMILES string of the molecule is Cc1cc(F)c2[nH]c(=O)n(C)c2c1. The van der Waals surface area contributed by atoms with Crippen LogP contribution >= 0.6 is 0 Å². The van der Waals surface area contributed by atoms with Gasteiger partial charge in [-0.05, 0) is 24.6 Å². The van der Waals surface area contributed by atoms with E-state index < -0.39 is 0 Å². The van der Waals surface area contributed by atoms with E-state index in [4.69, 9.17) is 0 Å². The quantitative estimate of drug-likeness (QED) is 0.652. The number of nitrogens with zero attached hydrogens (tertiary/aromatic N) is 1. The van der Waals surface area contributed by atoms with Crippen LogP contribution in [0.4, 0.5) is 4.39 Å². The molecule has 0 spiro atoms. The standard InChI is InChI=1S/C9H9FN2O/c1-5-3-6(10)8-7(4-5)12(2)9(13)11-8/h3-4H,1-2H3,(H,11,13). The number of rotatable bonds is 0. The van der Waals surface area contributed by atoms with Gasteiger partial charge >= 0.3 is 5.69 Å². The van der Waals surface area contributed by atoms with Gasteiger partial charge in [-0.3, -0.25) is 4.57 Å². The molecule has 2 aromatic rings. The van der Waals surface area contributed by atoms with E-state index in [0.29, 0.717) is 5.52 Å². The van der Waals surface area contributed by atoms with E-state index in [2.05, 4.69) is 4.98 Å². The summed E-state index contributed by atoms with van der Waals surface area (Å²) in [6.45, 7) is 1.79. The fourth-order valence-corrected chi connectivity index (χ4v) is 1.41. The fourth-order valence-electron chi connectivity index (χ4n) is 1.41. The Morgan fingerprint density at radius 2 is 2.15 bits per heavy atom. The van der Waals surface area contributed by atoms with Gasteiger partial charge < -0.3 is 4.98 Å². The minimum atomic E-state index is -0.382. The highest BCUT2D eigenvalue weighted by Crippen LogP contribution is 2.15. The van der Waals surface area contributed by atoms with Gasteiger partial charge in [-0.2, -0.15) is 0 Å². The number of aryl methyl sites for hydroxylation is 2. The molecule has 68 valence electrons. The summed E-state index contributed by atoms with van der Waals surface area (Å²) in [6, 6.07) is 3.18. The Labute approximate surface area is 73.8 Å². The third-order valence-corrected chi connectivity index (χ3v) is 2.11. The van der Waals surface area contributed by atoms with Crippen LogP contribution in [0.5, 0.6) is 0 Å². The lowest BCUT2D eigenvalue weighted by Crippen LogP contribution is -2.11. The Balaban J connectivity index is 3.03. The fraction of sp³-hybridized carbons (Fsp3) is 0.222. The van der Waals surface area contributed by atoms with Crippen molar-refractivity contribution >= 4 is 11.0 Å². The molecular formula is C9H9FN2O. The number of fused-ring (bicyclic) bond motifs is 1. The highest BCUT2D eigenvalue weighted by Gasteiger charge is 2.07. The zero-order valence-corrected chi connectivity index (χ0v) is 7.39. The van der Waals surface area contributed by atoms with Crippen LogP contribution in [0, 0.1) is 12.7 Å². The van der Waals surface area contributed by atoms with E-state index >= 15 is 0 Å². The zero-order valence-electron chi connectivity index (χ0n) is 7.39. The number of halogens is 1. The second-order valence-corrected chi connectivity index (χ2v) is 3.13. The lowest BCUT2D eigenvalue weighted by molar-refractivity contribution is 0.636. The van der Waals surface area contributed by atoms with Crippen LogP contribution in [0.15, 0.2) is 16.9 Å². The zero-order chi connectivity index (χ0) is 9.59. The molecule has 0 atom stereocenters. The van der Waals surface area contributed by atoms with Crippen molar-refractivity contribution < 1.29 is 4.39 Å². The summed E-state index contributed by atoms with van der Waals surface area (Å²) in [5.41, 5.74) is 1.39. The van der Waals surface area contributed by atoms with Crippen LogP contribution in [0.2, 0.25) is 0 Å². The number of benzene rings is 1. The molecule has 0 aliphatic carbocycles. The van der Waals surface area contributed by atoms with Crippen molar-refractivity contribution in [3.63, 3.8) is 0 Å². The lowest BCUT2D eigenvalue weighted by Gasteiger charge is -1.96. The number of H-pyrrole nitrogens is 1. The van der Waals surface area contributed by atoms with Crippen LogP contribution in [0.1, 0.15) is 5.56 Å². The number of imidazole rings is 1. The molecule has 4 heteroatoms. The Morgan fingerprint density at radius 3 is 2.85 bits per heavy atom. The number of nitrogens with one attached hydrogen (secondary N) is 1. The second-order valence-electron chi connectivity index (χ2n) is 3.13. The average Bonchev–Trinajstić information content (AvgIpc) is 2.32. The molecule has 0 saturated heterocycles. The van der Waals surface area contributed by atoms with Crippen molar-refractivity contribution in [1.82, 2.24) is 9.55 Å². The minimum absolute atomic E-state index is 0.276. The predicted molar refractivity (Wildman–Crippen MR) is 48.2 cm³/mol.